The quantitative estimate of drug-likeness (QED) is 0.597. The molecular weight excluding hydrogens is 254 g/mol. The molecule has 0 bridgehead atoms. The molecule has 0 aliphatic carbocycles. The second-order valence-electron chi connectivity index (χ2n) is 2.76. The smallest absolute Gasteiger partial charge is 0.200 e. The van der Waals surface area contributed by atoms with Crippen molar-refractivity contribution in [3.63, 3.8) is 0 Å². The molecule has 1 nitrogen and oxygen atoms in total. The first-order chi connectivity index (χ1) is 6.54. The van der Waals surface area contributed by atoms with E-state index in [1.54, 1.807) is 6.92 Å². The predicted octanol–water partition coefficient (Wildman–Crippen LogP) is 3.68. The normalized spacial score (nSPS) is 12.3. The highest BCUT2D eigenvalue weighted by Gasteiger charge is 2.12. The molecule has 0 aliphatic heterocycles. The zero-order valence-corrected chi connectivity index (χ0v) is 9.14. The van der Waals surface area contributed by atoms with E-state index in [2.05, 4.69) is 22.5 Å². The lowest BCUT2D eigenvalue weighted by Gasteiger charge is -2.11. The zero-order chi connectivity index (χ0) is 10.7. The molecule has 0 amide bonds. The number of rotatable bonds is 3. The first-order valence-electron chi connectivity index (χ1n) is 3.98. The summed E-state index contributed by atoms with van der Waals surface area (Å²) >= 11 is 3.05. The van der Waals surface area contributed by atoms with Gasteiger partial charge in [0, 0.05) is 4.47 Å². The lowest BCUT2D eigenvalue weighted by atomic mass is 10.3. The van der Waals surface area contributed by atoms with Gasteiger partial charge in [-0.1, -0.05) is 28.6 Å². The maximum Gasteiger partial charge on any atom is 0.200 e. The van der Waals surface area contributed by atoms with Crippen LogP contribution in [0.25, 0.3) is 0 Å². The van der Waals surface area contributed by atoms with Crippen molar-refractivity contribution >= 4 is 15.9 Å². The van der Waals surface area contributed by atoms with Crippen molar-refractivity contribution in [1.29, 1.82) is 0 Å². The molecule has 1 aromatic rings. The fourth-order valence-corrected chi connectivity index (χ4v) is 1.28. The summed E-state index contributed by atoms with van der Waals surface area (Å²) in [7, 11) is 0. The van der Waals surface area contributed by atoms with Crippen LogP contribution in [0.5, 0.6) is 5.75 Å². The Labute approximate surface area is 89.5 Å². The fourth-order valence-electron chi connectivity index (χ4n) is 0.867. The first-order valence-corrected chi connectivity index (χ1v) is 4.77. The van der Waals surface area contributed by atoms with E-state index in [0.29, 0.717) is 4.47 Å². The molecule has 76 valence electrons. The summed E-state index contributed by atoms with van der Waals surface area (Å²) in [5.74, 6) is -2.04. The molecule has 0 saturated carbocycles. The van der Waals surface area contributed by atoms with E-state index in [1.165, 1.54) is 12.1 Å². The van der Waals surface area contributed by atoms with Crippen LogP contribution in [0, 0.1) is 11.6 Å². The van der Waals surface area contributed by atoms with Crippen LogP contribution < -0.4 is 4.74 Å². The molecule has 4 heteroatoms. The predicted molar refractivity (Wildman–Crippen MR) is 54.3 cm³/mol. The van der Waals surface area contributed by atoms with Gasteiger partial charge in [0.15, 0.2) is 11.6 Å². The summed E-state index contributed by atoms with van der Waals surface area (Å²) in [6.07, 6.45) is 1.14. The maximum absolute atomic E-state index is 13.1. The molecular formula is C10H9BrF2O. The Morgan fingerprint density at radius 1 is 1.50 bits per heavy atom. The van der Waals surface area contributed by atoms with Crippen molar-refractivity contribution in [1.82, 2.24) is 0 Å². The van der Waals surface area contributed by atoms with Gasteiger partial charge in [-0.25, -0.2) is 4.39 Å². The molecule has 0 aliphatic rings. The van der Waals surface area contributed by atoms with Crippen LogP contribution in [0.1, 0.15) is 6.92 Å². The summed E-state index contributed by atoms with van der Waals surface area (Å²) in [4.78, 5) is 0. The van der Waals surface area contributed by atoms with Gasteiger partial charge in [0.2, 0.25) is 5.82 Å². The van der Waals surface area contributed by atoms with Gasteiger partial charge in [0.25, 0.3) is 0 Å². The number of halogens is 3. The monoisotopic (exact) mass is 262 g/mol. The minimum absolute atomic E-state index is 0.121. The topological polar surface area (TPSA) is 9.23 Å². The fraction of sp³-hybridized carbons (Fsp3) is 0.200. The number of ether oxygens (including phenoxy) is 1. The molecule has 1 rings (SSSR count). The molecule has 1 unspecified atom stereocenters. The van der Waals surface area contributed by atoms with Gasteiger partial charge >= 0.3 is 0 Å². The van der Waals surface area contributed by atoms with Crippen molar-refractivity contribution in [2.45, 2.75) is 13.0 Å². The van der Waals surface area contributed by atoms with Crippen LogP contribution in [0.15, 0.2) is 29.3 Å². The highest BCUT2D eigenvalue weighted by Crippen LogP contribution is 2.26. The van der Waals surface area contributed by atoms with Crippen LogP contribution in [-0.4, -0.2) is 6.10 Å². The molecule has 0 spiro atoms. The Balaban J connectivity index is 3.01. The highest BCUT2D eigenvalue weighted by molar-refractivity contribution is 9.10. The molecule has 0 heterocycles. The molecule has 0 fully saturated rings. The van der Waals surface area contributed by atoms with Crippen LogP contribution in [0.4, 0.5) is 8.78 Å². The van der Waals surface area contributed by atoms with Gasteiger partial charge < -0.3 is 4.74 Å². The van der Waals surface area contributed by atoms with E-state index in [4.69, 9.17) is 4.74 Å². The molecule has 0 N–H and O–H groups in total. The summed E-state index contributed by atoms with van der Waals surface area (Å²) in [6, 6.07) is 2.42. The van der Waals surface area contributed by atoms with Gasteiger partial charge in [-0.05, 0) is 19.1 Å². The molecule has 0 aromatic heterocycles. The number of hydrogen-bond donors (Lipinski definition) is 0. The van der Waals surface area contributed by atoms with E-state index in [1.807, 2.05) is 0 Å². The third kappa shape index (κ3) is 2.54. The van der Waals surface area contributed by atoms with Gasteiger partial charge in [-0.3, -0.25) is 0 Å². The summed E-state index contributed by atoms with van der Waals surface area (Å²) < 4.78 is 31.5. The van der Waals surface area contributed by atoms with Gasteiger partial charge in [-0.2, -0.15) is 4.39 Å². The summed E-state index contributed by atoms with van der Waals surface area (Å²) in [5, 5.41) is 0. The molecule has 0 saturated heterocycles. The van der Waals surface area contributed by atoms with E-state index >= 15 is 0 Å². The van der Waals surface area contributed by atoms with Crippen molar-refractivity contribution in [3.05, 3.63) is 40.9 Å². The summed E-state index contributed by atoms with van der Waals surface area (Å²) in [6.45, 7) is 5.16. The van der Waals surface area contributed by atoms with Crippen molar-refractivity contribution in [2.24, 2.45) is 0 Å². The Bertz CT molecular complexity index is 352. The molecule has 0 radical (unpaired) electrons. The highest BCUT2D eigenvalue weighted by atomic mass is 79.9. The standard InChI is InChI=1S/C10H9BrF2O/c1-3-6(2)14-9-5-7(11)4-8(12)10(9)13/h3-6H,1H2,2H3. The third-order valence-electron chi connectivity index (χ3n) is 1.60. The minimum Gasteiger partial charge on any atom is -0.483 e. The lowest BCUT2D eigenvalue weighted by Crippen LogP contribution is -2.09. The van der Waals surface area contributed by atoms with Crippen molar-refractivity contribution < 1.29 is 13.5 Å². The maximum atomic E-state index is 13.1. The van der Waals surface area contributed by atoms with E-state index in [0.717, 1.165) is 6.07 Å². The van der Waals surface area contributed by atoms with Gasteiger partial charge in [0.05, 0.1) is 0 Å². The Hall–Kier alpha value is -0.900. The Kier molecular flexibility index (Phi) is 3.63. The van der Waals surface area contributed by atoms with Crippen LogP contribution in [0.3, 0.4) is 0 Å². The van der Waals surface area contributed by atoms with Crippen molar-refractivity contribution in [3.8, 4) is 5.75 Å². The molecule has 1 aromatic carbocycles. The lowest BCUT2D eigenvalue weighted by molar-refractivity contribution is 0.253. The number of benzene rings is 1. The molecule has 14 heavy (non-hydrogen) atoms. The average molecular weight is 263 g/mol. The van der Waals surface area contributed by atoms with Crippen molar-refractivity contribution in [2.75, 3.05) is 0 Å². The van der Waals surface area contributed by atoms with Gasteiger partial charge in [0.1, 0.15) is 6.10 Å². The molecule has 1 atom stereocenters. The first kappa shape index (κ1) is 11.2. The van der Waals surface area contributed by atoms with Crippen LogP contribution >= 0.6 is 15.9 Å². The Morgan fingerprint density at radius 2 is 2.14 bits per heavy atom. The Morgan fingerprint density at radius 3 is 2.71 bits per heavy atom. The largest absolute Gasteiger partial charge is 0.483 e. The second kappa shape index (κ2) is 4.55. The van der Waals surface area contributed by atoms with E-state index in [9.17, 15) is 8.78 Å². The van der Waals surface area contributed by atoms with Gasteiger partial charge in [-0.15, -0.1) is 0 Å². The minimum atomic E-state index is -0.984. The van der Waals surface area contributed by atoms with Crippen LogP contribution in [0.2, 0.25) is 0 Å². The summed E-state index contributed by atoms with van der Waals surface area (Å²) in [5.41, 5.74) is 0. The number of hydrogen-bond acceptors (Lipinski definition) is 1. The van der Waals surface area contributed by atoms with Crippen LogP contribution in [-0.2, 0) is 0 Å². The second-order valence-corrected chi connectivity index (χ2v) is 3.67. The SMILES string of the molecule is C=CC(C)Oc1cc(Br)cc(F)c1F. The third-order valence-corrected chi connectivity index (χ3v) is 2.06. The average Bonchev–Trinajstić information content (AvgIpc) is 2.13. The van der Waals surface area contributed by atoms with E-state index < -0.39 is 11.6 Å². The van der Waals surface area contributed by atoms with E-state index in [-0.39, 0.29) is 11.9 Å². The zero-order valence-electron chi connectivity index (χ0n) is 7.56.